The summed E-state index contributed by atoms with van der Waals surface area (Å²) in [4.78, 5) is 37.3. The van der Waals surface area contributed by atoms with Crippen LogP contribution in [0.25, 0.3) is 11.3 Å². The average Bonchev–Trinajstić information content (AvgIpc) is 3.44. The van der Waals surface area contributed by atoms with Crippen molar-refractivity contribution in [2.75, 3.05) is 5.32 Å². The Balaban J connectivity index is 1.66. The van der Waals surface area contributed by atoms with Gasteiger partial charge >= 0.3 is 0 Å². The van der Waals surface area contributed by atoms with Gasteiger partial charge in [0.25, 0.3) is 11.8 Å². The van der Waals surface area contributed by atoms with Gasteiger partial charge in [-0.2, -0.15) is 0 Å². The molecule has 2 aromatic heterocycles. The number of nitrogens with two attached hydrogens (primary N) is 1. The summed E-state index contributed by atoms with van der Waals surface area (Å²) in [6.45, 7) is 3.43. The highest BCUT2D eigenvalue weighted by Crippen LogP contribution is 2.39. The number of primary amides is 1. The lowest BCUT2D eigenvalue weighted by molar-refractivity contribution is 0.100. The van der Waals surface area contributed by atoms with Crippen LogP contribution in [0, 0.1) is 19.7 Å². The third kappa shape index (κ3) is 3.86. The number of halogens is 1. The third-order valence-corrected chi connectivity index (χ3v) is 5.70. The van der Waals surface area contributed by atoms with E-state index in [2.05, 4.69) is 20.3 Å². The van der Waals surface area contributed by atoms with Gasteiger partial charge in [0.2, 0.25) is 5.95 Å². The summed E-state index contributed by atoms with van der Waals surface area (Å²) in [6, 6.07) is 2.61. The summed E-state index contributed by atoms with van der Waals surface area (Å²) in [5.41, 5.74) is 7.64. The van der Waals surface area contributed by atoms with E-state index in [1.807, 2.05) is 0 Å². The summed E-state index contributed by atoms with van der Waals surface area (Å²) < 4.78 is 14.5. The molecule has 0 aliphatic heterocycles. The molecule has 4 rings (SSSR count). The first-order chi connectivity index (χ1) is 13.8. The number of nitrogens with zero attached hydrogens (tertiary/aromatic N) is 3. The van der Waals surface area contributed by atoms with Crippen molar-refractivity contribution >= 4 is 29.1 Å². The highest BCUT2D eigenvalue weighted by Gasteiger charge is 2.25. The topological polar surface area (TPSA) is 111 Å². The van der Waals surface area contributed by atoms with Gasteiger partial charge in [0.15, 0.2) is 0 Å². The number of rotatable bonds is 5. The van der Waals surface area contributed by atoms with Crippen LogP contribution in [-0.2, 0) is 0 Å². The second-order valence-corrected chi connectivity index (χ2v) is 8.19. The van der Waals surface area contributed by atoms with Crippen LogP contribution in [0.4, 0.5) is 10.3 Å². The van der Waals surface area contributed by atoms with Gasteiger partial charge in [0.05, 0.1) is 16.3 Å². The van der Waals surface area contributed by atoms with Gasteiger partial charge in [0.1, 0.15) is 10.7 Å². The van der Waals surface area contributed by atoms with Gasteiger partial charge in [-0.25, -0.2) is 19.3 Å². The summed E-state index contributed by atoms with van der Waals surface area (Å²) in [7, 11) is 0. The number of thiazole rings is 1. The van der Waals surface area contributed by atoms with Crippen molar-refractivity contribution in [3.05, 3.63) is 56.9 Å². The minimum atomic E-state index is -0.689. The fourth-order valence-corrected chi connectivity index (χ4v) is 3.86. The average molecular weight is 411 g/mol. The molecule has 1 saturated carbocycles. The predicted octanol–water partition coefficient (Wildman–Crippen LogP) is 3.58. The number of carbonyl (C=O) groups is 2. The van der Waals surface area contributed by atoms with Crippen LogP contribution in [-0.4, -0.2) is 26.8 Å². The van der Waals surface area contributed by atoms with E-state index in [9.17, 15) is 14.0 Å². The lowest BCUT2D eigenvalue weighted by atomic mass is 10.0. The number of hydrogen-bond acceptors (Lipinski definition) is 6. The number of carbonyl (C=O) groups excluding carboxylic acids is 2. The van der Waals surface area contributed by atoms with Crippen LogP contribution in [0.2, 0.25) is 0 Å². The smallest absolute Gasteiger partial charge is 0.261 e. The number of aromatic nitrogens is 3. The molecule has 3 aromatic rings. The van der Waals surface area contributed by atoms with E-state index in [1.54, 1.807) is 26.2 Å². The number of anilines is 1. The number of nitrogens with one attached hydrogen (secondary N) is 1. The van der Waals surface area contributed by atoms with Crippen molar-refractivity contribution in [2.24, 2.45) is 5.73 Å². The maximum Gasteiger partial charge on any atom is 0.261 e. The van der Waals surface area contributed by atoms with Crippen molar-refractivity contribution in [3.8, 4) is 11.3 Å². The third-order valence-electron chi connectivity index (χ3n) is 4.72. The van der Waals surface area contributed by atoms with Gasteiger partial charge in [-0.05, 0) is 55.9 Å². The first kappa shape index (κ1) is 19.1. The Morgan fingerprint density at radius 1 is 1.21 bits per heavy atom. The summed E-state index contributed by atoms with van der Waals surface area (Å²) in [6.07, 6.45) is 5.59. The fourth-order valence-electron chi connectivity index (χ4n) is 3.08. The molecule has 1 aliphatic carbocycles. The minimum Gasteiger partial charge on any atom is -0.365 e. The highest BCUT2D eigenvalue weighted by molar-refractivity contribution is 7.14. The van der Waals surface area contributed by atoms with Crippen molar-refractivity contribution in [1.29, 1.82) is 0 Å². The van der Waals surface area contributed by atoms with E-state index in [0.29, 0.717) is 27.7 Å². The molecule has 2 amide bonds. The van der Waals surface area contributed by atoms with Crippen LogP contribution in [0.5, 0.6) is 0 Å². The van der Waals surface area contributed by atoms with Gasteiger partial charge < -0.3 is 5.73 Å². The van der Waals surface area contributed by atoms with E-state index in [4.69, 9.17) is 5.73 Å². The van der Waals surface area contributed by atoms with Crippen molar-refractivity contribution in [1.82, 2.24) is 15.0 Å². The SMILES string of the molecule is Cc1nc(-c2cc(C(=O)Nc3ncc(C4CC4)cn3)c(F)cc2C)c(C(N)=O)s1. The zero-order chi connectivity index (χ0) is 20.7. The Bertz CT molecular complexity index is 1120. The van der Waals surface area contributed by atoms with Crippen molar-refractivity contribution in [3.63, 3.8) is 0 Å². The molecule has 0 bridgehead atoms. The predicted molar refractivity (Wildman–Crippen MR) is 107 cm³/mol. The Labute approximate surface area is 170 Å². The van der Waals surface area contributed by atoms with Gasteiger partial charge in [-0.3, -0.25) is 14.9 Å². The summed E-state index contributed by atoms with van der Waals surface area (Å²) >= 11 is 1.16. The Morgan fingerprint density at radius 3 is 2.52 bits per heavy atom. The molecule has 7 nitrogen and oxygen atoms in total. The molecular weight excluding hydrogens is 393 g/mol. The summed E-state index contributed by atoms with van der Waals surface area (Å²) in [5, 5.41) is 3.16. The number of aryl methyl sites for hydroxylation is 2. The van der Waals surface area contributed by atoms with Crippen LogP contribution in [0.1, 0.15) is 54.9 Å². The van der Waals surface area contributed by atoms with E-state index >= 15 is 0 Å². The first-order valence-corrected chi connectivity index (χ1v) is 9.86. The molecule has 0 unspecified atom stereocenters. The largest absolute Gasteiger partial charge is 0.365 e. The number of benzene rings is 1. The Hall–Kier alpha value is -3.20. The molecule has 3 N–H and O–H groups in total. The molecule has 1 aromatic carbocycles. The molecule has 9 heteroatoms. The normalized spacial score (nSPS) is 13.3. The quantitative estimate of drug-likeness (QED) is 0.667. The zero-order valence-corrected chi connectivity index (χ0v) is 16.6. The van der Waals surface area contributed by atoms with Crippen LogP contribution in [0.3, 0.4) is 0 Å². The van der Waals surface area contributed by atoms with Gasteiger partial charge in [-0.15, -0.1) is 11.3 Å². The molecule has 0 radical (unpaired) electrons. The maximum absolute atomic E-state index is 14.5. The van der Waals surface area contributed by atoms with E-state index in [-0.39, 0.29) is 16.4 Å². The lowest BCUT2D eigenvalue weighted by Crippen LogP contribution is -2.16. The fraction of sp³-hybridized carbons (Fsp3) is 0.250. The second kappa shape index (κ2) is 7.32. The van der Waals surface area contributed by atoms with Crippen molar-refractivity contribution < 1.29 is 14.0 Å². The number of hydrogen-bond donors (Lipinski definition) is 2. The molecule has 1 fully saturated rings. The molecule has 148 valence electrons. The van der Waals surface area contributed by atoms with Crippen molar-refractivity contribution in [2.45, 2.75) is 32.6 Å². The Kier molecular flexibility index (Phi) is 4.83. The van der Waals surface area contributed by atoms with E-state index in [0.717, 1.165) is 29.7 Å². The van der Waals surface area contributed by atoms with Gasteiger partial charge in [0, 0.05) is 18.0 Å². The lowest BCUT2D eigenvalue weighted by Gasteiger charge is -2.10. The second-order valence-electron chi connectivity index (χ2n) is 6.99. The molecule has 1 aliphatic rings. The molecule has 2 heterocycles. The minimum absolute atomic E-state index is 0.100. The van der Waals surface area contributed by atoms with Crippen LogP contribution >= 0.6 is 11.3 Å². The summed E-state index contributed by atoms with van der Waals surface area (Å²) in [5.74, 6) is -1.40. The molecule has 29 heavy (non-hydrogen) atoms. The maximum atomic E-state index is 14.5. The standard InChI is InChI=1S/C20H18FN5O2S/c1-9-5-15(21)14(6-13(9)16-17(18(22)27)29-10(2)25-16)19(28)26-20-23-7-12(8-24-20)11-3-4-11/h5-8,11H,3-4H2,1-2H3,(H2,22,27)(H,23,24,26,28). The molecule has 0 saturated heterocycles. The highest BCUT2D eigenvalue weighted by atomic mass is 32.1. The Morgan fingerprint density at radius 2 is 1.90 bits per heavy atom. The zero-order valence-electron chi connectivity index (χ0n) is 15.8. The first-order valence-electron chi connectivity index (χ1n) is 9.04. The van der Waals surface area contributed by atoms with Crippen LogP contribution in [0.15, 0.2) is 24.5 Å². The van der Waals surface area contributed by atoms with E-state index < -0.39 is 17.6 Å². The van der Waals surface area contributed by atoms with Crippen LogP contribution < -0.4 is 11.1 Å². The number of amides is 2. The molecule has 0 atom stereocenters. The van der Waals surface area contributed by atoms with E-state index in [1.165, 1.54) is 12.1 Å². The van der Waals surface area contributed by atoms with Gasteiger partial charge in [-0.1, -0.05) is 0 Å². The monoisotopic (exact) mass is 411 g/mol. The molecular formula is C20H18FN5O2S. The molecule has 0 spiro atoms.